The van der Waals surface area contributed by atoms with Gasteiger partial charge in [0.1, 0.15) is 12.1 Å². The summed E-state index contributed by atoms with van der Waals surface area (Å²) in [5.74, 6) is 0.765. The Morgan fingerprint density at radius 2 is 2.19 bits per heavy atom. The van der Waals surface area contributed by atoms with E-state index in [9.17, 15) is 4.79 Å². The number of nitrogens with zero attached hydrogens (tertiary/aromatic N) is 4. The molecule has 0 aliphatic carbocycles. The van der Waals surface area contributed by atoms with Crippen LogP contribution in [0.4, 0.5) is 5.69 Å². The third-order valence-corrected chi connectivity index (χ3v) is 3.38. The second-order valence-electron chi connectivity index (χ2n) is 4.95. The third-order valence-electron chi connectivity index (χ3n) is 3.38. The fourth-order valence-electron chi connectivity index (χ4n) is 2.28. The van der Waals surface area contributed by atoms with E-state index in [0.29, 0.717) is 12.2 Å². The molecular weight excluding hydrogens is 268 g/mol. The number of hydrogen-bond acceptors (Lipinski definition) is 5. The summed E-state index contributed by atoms with van der Waals surface area (Å²) in [5, 5.41) is 6.14. The Labute approximate surface area is 123 Å². The van der Waals surface area contributed by atoms with Crippen LogP contribution < -0.4 is 10.6 Å². The van der Waals surface area contributed by atoms with Crippen molar-refractivity contribution in [2.24, 2.45) is 0 Å². The maximum atomic E-state index is 12.0. The minimum absolute atomic E-state index is 0.00548. The molecule has 1 aliphatic rings. The lowest BCUT2D eigenvalue weighted by Gasteiger charge is -2.26. The summed E-state index contributed by atoms with van der Waals surface area (Å²) in [4.78, 5) is 22.4. The number of pyridine rings is 1. The number of anilines is 1. The quantitative estimate of drug-likeness (QED) is 0.834. The van der Waals surface area contributed by atoms with Crippen molar-refractivity contribution in [2.45, 2.75) is 0 Å². The van der Waals surface area contributed by atoms with E-state index >= 15 is 0 Å². The Kier molecular flexibility index (Phi) is 4.23. The van der Waals surface area contributed by atoms with Gasteiger partial charge in [-0.15, -0.1) is 0 Å². The maximum Gasteiger partial charge on any atom is 0.238 e. The van der Waals surface area contributed by atoms with Crippen molar-refractivity contribution in [3.63, 3.8) is 0 Å². The fourth-order valence-corrected chi connectivity index (χ4v) is 2.28. The average Bonchev–Trinajstić information content (AvgIpc) is 3.03. The zero-order chi connectivity index (χ0) is 14.5. The van der Waals surface area contributed by atoms with Crippen molar-refractivity contribution < 1.29 is 4.79 Å². The summed E-state index contributed by atoms with van der Waals surface area (Å²) in [6.07, 6.45) is 6.87. The summed E-state index contributed by atoms with van der Waals surface area (Å²) in [6, 6.07) is 3.69. The molecule has 0 aromatic carbocycles. The van der Waals surface area contributed by atoms with Crippen LogP contribution in [0.15, 0.2) is 37.1 Å². The first-order valence-corrected chi connectivity index (χ1v) is 6.98. The van der Waals surface area contributed by atoms with Gasteiger partial charge in [-0.2, -0.15) is 0 Å². The summed E-state index contributed by atoms with van der Waals surface area (Å²) < 4.78 is 1.81. The Balaban J connectivity index is 1.56. The first-order valence-electron chi connectivity index (χ1n) is 6.98. The van der Waals surface area contributed by atoms with Gasteiger partial charge >= 0.3 is 0 Å². The van der Waals surface area contributed by atoms with Crippen molar-refractivity contribution in [1.29, 1.82) is 0 Å². The van der Waals surface area contributed by atoms with E-state index in [4.69, 9.17) is 0 Å². The molecule has 0 unspecified atom stereocenters. The molecule has 7 heteroatoms. The minimum atomic E-state index is -0.00548. The normalized spacial score (nSPS) is 15.8. The van der Waals surface area contributed by atoms with E-state index in [1.54, 1.807) is 18.7 Å². The molecule has 2 N–H and O–H groups in total. The molecule has 0 spiro atoms. The van der Waals surface area contributed by atoms with Crippen LogP contribution in [0.1, 0.15) is 0 Å². The van der Waals surface area contributed by atoms with Crippen LogP contribution in [-0.2, 0) is 4.79 Å². The van der Waals surface area contributed by atoms with Crippen LogP contribution in [0, 0.1) is 0 Å². The zero-order valence-corrected chi connectivity index (χ0v) is 11.7. The van der Waals surface area contributed by atoms with E-state index in [0.717, 1.165) is 32.0 Å². The van der Waals surface area contributed by atoms with Gasteiger partial charge in [-0.05, 0) is 12.1 Å². The number of imidazole rings is 1. The highest BCUT2D eigenvalue weighted by atomic mass is 16.2. The lowest BCUT2D eigenvalue weighted by Crippen LogP contribution is -2.46. The zero-order valence-electron chi connectivity index (χ0n) is 11.7. The van der Waals surface area contributed by atoms with E-state index in [-0.39, 0.29) is 5.91 Å². The van der Waals surface area contributed by atoms with Gasteiger partial charge in [0.15, 0.2) is 0 Å². The predicted molar refractivity (Wildman–Crippen MR) is 79.3 cm³/mol. The molecule has 0 saturated carbocycles. The van der Waals surface area contributed by atoms with Crippen molar-refractivity contribution in [1.82, 2.24) is 24.8 Å². The highest BCUT2D eigenvalue weighted by Gasteiger charge is 2.13. The number of amides is 1. The van der Waals surface area contributed by atoms with Crippen LogP contribution in [0.5, 0.6) is 0 Å². The summed E-state index contributed by atoms with van der Waals surface area (Å²) in [5.41, 5.74) is 0.707. The van der Waals surface area contributed by atoms with Crippen molar-refractivity contribution >= 4 is 11.6 Å². The molecule has 1 fully saturated rings. The standard InChI is InChI=1S/C14H18N6O/c21-14(10-19-6-3-15-4-7-19)18-12-1-2-13(17-9-12)20-8-5-16-11-20/h1-2,5,8-9,11,15H,3-4,6-7,10H2,(H,18,21). The van der Waals surface area contributed by atoms with E-state index < -0.39 is 0 Å². The van der Waals surface area contributed by atoms with Gasteiger partial charge in [-0.3, -0.25) is 14.3 Å². The van der Waals surface area contributed by atoms with Gasteiger partial charge in [0.2, 0.25) is 5.91 Å². The molecule has 0 atom stereocenters. The number of carbonyl (C=O) groups is 1. The fraction of sp³-hybridized carbons (Fsp3) is 0.357. The maximum absolute atomic E-state index is 12.0. The summed E-state index contributed by atoms with van der Waals surface area (Å²) >= 11 is 0. The van der Waals surface area contributed by atoms with Crippen molar-refractivity contribution in [3.05, 3.63) is 37.1 Å². The largest absolute Gasteiger partial charge is 0.324 e. The number of piperazine rings is 1. The second-order valence-corrected chi connectivity index (χ2v) is 4.95. The van der Waals surface area contributed by atoms with Gasteiger partial charge in [0.05, 0.1) is 18.4 Å². The van der Waals surface area contributed by atoms with Gasteiger partial charge in [-0.25, -0.2) is 9.97 Å². The van der Waals surface area contributed by atoms with Gasteiger partial charge in [0.25, 0.3) is 0 Å². The molecule has 2 aromatic rings. The van der Waals surface area contributed by atoms with Gasteiger partial charge in [0, 0.05) is 38.6 Å². The first kappa shape index (κ1) is 13.7. The van der Waals surface area contributed by atoms with Gasteiger partial charge < -0.3 is 10.6 Å². The number of hydrogen-bond donors (Lipinski definition) is 2. The first-order chi connectivity index (χ1) is 10.3. The lowest BCUT2D eigenvalue weighted by molar-refractivity contribution is -0.117. The van der Waals surface area contributed by atoms with E-state index in [2.05, 4.69) is 25.5 Å². The molecule has 1 aliphatic heterocycles. The highest BCUT2D eigenvalue weighted by Crippen LogP contribution is 2.09. The predicted octanol–water partition coefficient (Wildman–Crippen LogP) is 0.111. The molecule has 3 rings (SSSR count). The molecule has 1 amide bonds. The number of aromatic nitrogens is 3. The lowest BCUT2D eigenvalue weighted by atomic mass is 10.3. The molecule has 7 nitrogen and oxygen atoms in total. The average molecular weight is 286 g/mol. The minimum Gasteiger partial charge on any atom is -0.324 e. The van der Waals surface area contributed by atoms with Crippen molar-refractivity contribution in [3.8, 4) is 5.82 Å². The Morgan fingerprint density at radius 3 is 2.86 bits per heavy atom. The van der Waals surface area contributed by atoms with E-state index in [1.165, 1.54) is 0 Å². The number of rotatable bonds is 4. The molecule has 3 heterocycles. The van der Waals surface area contributed by atoms with Crippen LogP contribution in [-0.4, -0.2) is 58.1 Å². The Morgan fingerprint density at radius 1 is 1.33 bits per heavy atom. The van der Waals surface area contributed by atoms with Gasteiger partial charge in [-0.1, -0.05) is 0 Å². The number of carbonyl (C=O) groups excluding carboxylic acids is 1. The van der Waals surface area contributed by atoms with E-state index in [1.807, 2.05) is 22.9 Å². The van der Waals surface area contributed by atoms with Crippen LogP contribution in [0.25, 0.3) is 5.82 Å². The molecule has 0 bridgehead atoms. The van der Waals surface area contributed by atoms with Crippen LogP contribution in [0.3, 0.4) is 0 Å². The van der Waals surface area contributed by atoms with Crippen LogP contribution in [0.2, 0.25) is 0 Å². The molecule has 110 valence electrons. The van der Waals surface area contributed by atoms with Crippen LogP contribution >= 0.6 is 0 Å². The molecule has 21 heavy (non-hydrogen) atoms. The molecule has 2 aromatic heterocycles. The summed E-state index contributed by atoms with van der Waals surface area (Å²) in [7, 11) is 0. The monoisotopic (exact) mass is 286 g/mol. The SMILES string of the molecule is O=C(CN1CCNCC1)Nc1ccc(-n2ccnc2)nc1. The number of nitrogens with one attached hydrogen (secondary N) is 2. The molecular formula is C14H18N6O. The second kappa shape index (κ2) is 6.47. The van der Waals surface area contributed by atoms with Crippen molar-refractivity contribution in [2.75, 3.05) is 38.0 Å². The topological polar surface area (TPSA) is 75.1 Å². The smallest absolute Gasteiger partial charge is 0.238 e. The molecule has 0 radical (unpaired) electrons. The third kappa shape index (κ3) is 3.65. The highest BCUT2D eigenvalue weighted by molar-refractivity contribution is 5.92. The Bertz CT molecular complexity index is 574. The molecule has 1 saturated heterocycles. The summed E-state index contributed by atoms with van der Waals surface area (Å²) in [6.45, 7) is 4.12. The Hall–Kier alpha value is -2.25.